The third-order valence-electron chi connectivity index (χ3n) is 3.27. The van der Waals surface area contributed by atoms with Gasteiger partial charge in [0.15, 0.2) is 0 Å². The first-order chi connectivity index (χ1) is 10.4. The van der Waals surface area contributed by atoms with Crippen molar-refractivity contribution in [2.24, 2.45) is 0 Å². The van der Waals surface area contributed by atoms with Crippen LogP contribution >= 0.6 is 0 Å². The molecular formula is C15H18N2O4S. The Balaban J connectivity index is 2.39. The number of aromatic nitrogens is 1. The Kier molecular flexibility index (Phi) is 4.56. The normalized spacial score (nSPS) is 11.1. The maximum absolute atomic E-state index is 12.5. The molecule has 0 fully saturated rings. The average molecular weight is 322 g/mol. The number of nitrogens with zero attached hydrogens (tertiary/aromatic N) is 1. The molecule has 0 saturated heterocycles. The van der Waals surface area contributed by atoms with Crippen molar-refractivity contribution in [3.05, 3.63) is 41.6 Å². The molecule has 0 aliphatic carbocycles. The van der Waals surface area contributed by atoms with E-state index in [1.807, 2.05) is 13.8 Å². The molecule has 0 aliphatic rings. The third kappa shape index (κ3) is 3.30. The van der Waals surface area contributed by atoms with E-state index < -0.39 is 10.0 Å². The van der Waals surface area contributed by atoms with Gasteiger partial charge in [-0.1, -0.05) is 0 Å². The minimum Gasteiger partial charge on any atom is -0.495 e. The Bertz CT molecular complexity index is 771. The molecule has 0 amide bonds. The zero-order valence-corrected chi connectivity index (χ0v) is 13.7. The molecule has 22 heavy (non-hydrogen) atoms. The molecule has 7 heteroatoms. The van der Waals surface area contributed by atoms with Crippen LogP contribution in [0.1, 0.15) is 11.1 Å². The van der Waals surface area contributed by atoms with E-state index in [2.05, 4.69) is 9.71 Å². The highest BCUT2D eigenvalue weighted by atomic mass is 32.2. The van der Waals surface area contributed by atoms with Gasteiger partial charge in [-0.3, -0.25) is 4.72 Å². The third-order valence-corrected chi connectivity index (χ3v) is 4.67. The fourth-order valence-electron chi connectivity index (χ4n) is 1.90. The van der Waals surface area contributed by atoms with E-state index in [0.29, 0.717) is 17.3 Å². The molecule has 6 nitrogen and oxygen atoms in total. The molecule has 1 N–H and O–H groups in total. The minimum absolute atomic E-state index is 0.0916. The van der Waals surface area contributed by atoms with Gasteiger partial charge < -0.3 is 9.47 Å². The summed E-state index contributed by atoms with van der Waals surface area (Å²) in [5.41, 5.74) is 2.18. The summed E-state index contributed by atoms with van der Waals surface area (Å²) in [4.78, 5) is 4.06. The summed E-state index contributed by atoms with van der Waals surface area (Å²) in [6.45, 7) is 3.75. The summed E-state index contributed by atoms with van der Waals surface area (Å²) < 4.78 is 37.7. The molecular weight excluding hydrogens is 304 g/mol. The molecule has 2 aromatic rings. The van der Waals surface area contributed by atoms with Crippen molar-refractivity contribution in [1.82, 2.24) is 4.98 Å². The summed E-state index contributed by atoms with van der Waals surface area (Å²) in [6, 6.07) is 6.45. The van der Waals surface area contributed by atoms with Gasteiger partial charge in [-0.15, -0.1) is 0 Å². The van der Waals surface area contributed by atoms with Crippen molar-refractivity contribution in [2.75, 3.05) is 18.9 Å². The van der Waals surface area contributed by atoms with Crippen LogP contribution in [0.4, 0.5) is 5.69 Å². The molecule has 0 atom stereocenters. The van der Waals surface area contributed by atoms with Crippen LogP contribution in [-0.2, 0) is 10.0 Å². The smallest absolute Gasteiger partial charge is 0.265 e. The van der Waals surface area contributed by atoms with Crippen molar-refractivity contribution in [3.63, 3.8) is 0 Å². The van der Waals surface area contributed by atoms with Gasteiger partial charge in [-0.2, -0.15) is 0 Å². The van der Waals surface area contributed by atoms with E-state index >= 15 is 0 Å². The number of nitrogens with one attached hydrogen (secondary N) is 1. The topological polar surface area (TPSA) is 77.5 Å². The first kappa shape index (κ1) is 16.1. The van der Waals surface area contributed by atoms with Gasteiger partial charge in [0.05, 0.1) is 26.1 Å². The molecule has 1 aromatic carbocycles. The van der Waals surface area contributed by atoms with Gasteiger partial charge in [-0.25, -0.2) is 13.4 Å². The Morgan fingerprint density at radius 1 is 1.05 bits per heavy atom. The van der Waals surface area contributed by atoms with E-state index in [-0.39, 0.29) is 4.90 Å². The molecule has 2 rings (SSSR count). The SMILES string of the molecule is COc1ccc(NS(=O)(=O)c2cc(C)c(C)cc2OC)cn1. The molecule has 0 spiro atoms. The number of pyridine rings is 1. The number of sulfonamides is 1. The number of aryl methyl sites for hydroxylation is 2. The number of rotatable bonds is 5. The van der Waals surface area contributed by atoms with Crippen LogP contribution in [0.25, 0.3) is 0 Å². The second kappa shape index (κ2) is 6.23. The van der Waals surface area contributed by atoms with Crippen LogP contribution in [0.3, 0.4) is 0 Å². The number of methoxy groups -OCH3 is 2. The van der Waals surface area contributed by atoms with Gasteiger partial charge in [0.2, 0.25) is 5.88 Å². The fourth-order valence-corrected chi connectivity index (χ4v) is 3.18. The first-order valence-electron chi connectivity index (χ1n) is 6.55. The van der Waals surface area contributed by atoms with Crippen molar-refractivity contribution in [3.8, 4) is 11.6 Å². The van der Waals surface area contributed by atoms with E-state index in [1.165, 1.54) is 20.4 Å². The number of anilines is 1. The van der Waals surface area contributed by atoms with E-state index in [9.17, 15) is 8.42 Å². The van der Waals surface area contributed by atoms with Crippen molar-refractivity contribution in [2.45, 2.75) is 18.7 Å². The van der Waals surface area contributed by atoms with Gasteiger partial charge in [0.1, 0.15) is 10.6 Å². The van der Waals surface area contributed by atoms with Crippen LogP contribution in [0.2, 0.25) is 0 Å². The number of benzene rings is 1. The van der Waals surface area contributed by atoms with Crippen LogP contribution in [0.15, 0.2) is 35.4 Å². The molecule has 0 bridgehead atoms. The Labute approximate surface area is 130 Å². The van der Waals surface area contributed by atoms with Crippen LogP contribution in [-0.4, -0.2) is 27.6 Å². The van der Waals surface area contributed by atoms with Crippen molar-refractivity contribution >= 4 is 15.7 Å². The van der Waals surface area contributed by atoms with Crippen LogP contribution in [0, 0.1) is 13.8 Å². The Morgan fingerprint density at radius 3 is 2.27 bits per heavy atom. The summed E-state index contributed by atoms with van der Waals surface area (Å²) in [5.74, 6) is 0.712. The predicted octanol–water partition coefficient (Wildman–Crippen LogP) is 2.52. The quantitative estimate of drug-likeness (QED) is 0.915. The van der Waals surface area contributed by atoms with Crippen LogP contribution in [0.5, 0.6) is 11.6 Å². The molecule has 1 aromatic heterocycles. The predicted molar refractivity (Wildman–Crippen MR) is 84.1 cm³/mol. The summed E-state index contributed by atoms with van der Waals surface area (Å²) >= 11 is 0. The summed E-state index contributed by atoms with van der Waals surface area (Å²) in [7, 11) is -0.836. The lowest BCUT2D eigenvalue weighted by Crippen LogP contribution is -2.14. The number of ether oxygens (including phenoxy) is 2. The maximum Gasteiger partial charge on any atom is 0.265 e. The van der Waals surface area contributed by atoms with E-state index in [0.717, 1.165) is 11.1 Å². The van der Waals surface area contributed by atoms with E-state index in [1.54, 1.807) is 24.3 Å². The lowest BCUT2D eigenvalue weighted by molar-refractivity contribution is 0.398. The Hall–Kier alpha value is -2.28. The highest BCUT2D eigenvalue weighted by Crippen LogP contribution is 2.29. The highest BCUT2D eigenvalue weighted by molar-refractivity contribution is 7.92. The van der Waals surface area contributed by atoms with Crippen molar-refractivity contribution in [1.29, 1.82) is 0 Å². The van der Waals surface area contributed by atoms with Gasteiger partial charge >= 0.3 is 0 Å². The Morgan fingerprint density at radius 2 is 1.73 bits per heavy atom. The average Bonchev–Trinajstić information content (AvgIpc) is 2.49. The van der Waals surface area contributed by atoms with Crippen molar-refractivity contribution < 1.29 is 17.9 Å². The standard InChI is InChI=1S/C15H18N2O4S/c1-10-7-13(20-3)14(8-11(10)2)22(18,19)17-12-5-6-15(21-4)16-9-12/h5-9,17H,1-4H3. The monoisotopic (exact) mass is 322 g/mol. The number of hydrogen-bond acceptors (Lipinski definition) is 5. The highest BCUT2D eigenvalue weighted by Gasteiger charge is 2.21. The fraction of sp³-hybridized carbons (Fsp3) is 0.267. The number of hydrogen-bond donors (Lipinski definition) is 1. The second-order valence-corrected chi connectivity index (χ2v) is 6.43. The largest absolute Gasteiger partial charge is 0.495 e. The van der Waals surface area contributed by atoms with E-state index in [4.69, 9.17) is 9.47 Å². The minimum atomic E-state index is -3.77. The summed E-state index contributed by atoms with van der Waals surface area (Å²) in [6.07, 6.45) is 1.39. The zero-order valence-electron chi connectivity index (χ0n) is 12.9. The lowest BCUT2D eigenvalue weighted by atomic mass is 10.1. The lowest BCUT2D eigenvalue weighted by Gasteiger charge is -2.13. The molecule has 1 heterocycles. The summed E-state index contributed by atoms with van der Waals surface area (Å²) in [5, 5.41) is 0. The molecule has 118 valence electrons. The van der Waals surface area contributed by atoms with Gasteiger partial charge in [0.25, 0.3) is 10.0 Å². The van der Waals surface area contributed by atoms with Gasteiger partial charge in [-0.05, 0) is 43.2 Å². The molecule has 0 aliphatic heterocycles. The van der Waals surface area contributed by atoms with Crippen LogP contribution < -0.4 is 14.2 Å². The molecule has 0 unspecified atom stereocenters. The van der Waals surface area contributed by atoms with Gasteiger partial charge in [0, 0.05) is 6.07 Å². The maximum atomic E-state index is 12.5. The molecule has 0 saturated carbocycles. The second-order valence-electron chi connectivity index (χ2n) is 4.78. The zero-order chi connectivity index (χ0) is 16.3. The first-order valence-corrected chi connectivity index (χ1v) is 8.04. The molecule has 0 radical (unpaired) electrons.